The first-order valence-electron chi connectivity index (χ1n) is 10.0. The number of carbonyl (C=O) groups is 1. The Morgan fingerprint density at radius 2 is 2.04 bits per heavy atom. The average Bonchev–Trinajstić information content (AvgIpc) is 2.85. The second kappa shape index (κ2) is 8.23. The first kappa shape index (κ1) is 20.5. The van der Waals surface area contributed by atoms with Crippen LogP contribution in [0.4, 0.5) is 0 Å². The highest BCUT2D eigenvalue weighted by molar-refractivity contribution is 5.83. The normalized spacial score (nSPS) is 31.8. The Hall–Kier alpha value is -0.850. The number of Topliss-reactive ketones (excluding diaryl/α,β-unsaturated/α-hetero) is 1. The maximum absolute atomic E-state index is 12.3. The minimum atomic E-state index is -0.503. The van der Waals surface area contributed by atoms with Crippen LogP contribution in [0.5, 0.6) is 0 Å². The van der Waals surface area contributed by atoms with Gasteiger partial charge in [-0.3, -0.25) is 4.79 Å². The molecule has 0 N–H and O–H groups in total. The molecule has 0 saturated heterocycles. The molecule has 0 amide bonds. The number of ether oxygens (including phenoxy) is 2. The van der Waals surface area contributed by atoms with Gasteiger partial charge in [0, 0.05) is 25.4 Å². The Kier molecular flexibility index (Phi) is 6.74. The molecule has 3 nitrogen and oxygen atoms in total. The quantitative estimate of drug-likeness (QED) is 0.502. The van der Waals surface area contributed by atoms with Gasteiger partial charge in [0.15, 0.2) is 6.29 Å². The van der Waals surface area contributed by atoms with Gasteiger partial charge >= 0.3 is 0 Å². The summed E-state index contributed by atoms with van der Waals surface area (Å²) >= 11 is 0. The molecule has 25 heavy (non-hydrogen) atoms. The van der Waals surface area contributed by atoms with E-state index in [0.29, 0.717) is 30.1 Å². The molecule has 0 spiro atoms. The summed E-state index contributed by atoms with van der Waals surface area (Å²) in [6.45, 7) is 13.2. The third kappa shape index (κ3) is 4.86. The van der Waals surface area contributed by atoms with E-state index in [2.05, 4.69) is 25.7 Å². The van der Waals surface area contributed by atoms with Crippen molar-refractivity contribution in [3.05, 3.63) is 0 Å². The fourth-order valence-corrected chi connectivity index (χ4v) is 5.18. The number of hydrogen-bond donors (Lipinski definition) is 0. The third-order valence-electron chi connectivity index (χ3n) is 6.30. The van der Waals surface area contributed by atoms with Crippen molar-refractivity contribution >= 4 is 5.78 Å². The molecular formula is C22H36O3. The summed E-state index contributed by atoms with van der Waals surface area (Å²) in [5.41, 5.74) is -0.302. The van der Waals surface area contributed by atoms with E-state index in [9.17, 15) is 4.79 Å². The van der Waals surface area contributed by atoms with Gasteiger partial charge in [0.05, 0.1) is 0 Å². The summed E-state index contributed by atoms with van der Waals surface area (Å²) in [5.74, 6) is 8.58. The Balaban J connectivity index is 1.94. The zero-order valence-corrected chi connectivity index (χ0v) is 17.0. The van der Waals surface area contributed by atoms with Crippen LogP contribution in [0.1, 0.15) is 80.1 Å². The van der Waals surface area contributed by atoms with Crippen LogP contribution in [0.2, 0.25) is 0 Å². The fourth-order valence-electron chi connectivity index (χ4n) is 5.18. The molecule has 5 atom stereocenters. The number of fused-ring (bicyclic) bond motifs is 1. The Bertz CT molecular complexity index is 527. The fraction of sp³-hybridized carbons (Fsp3) is 0.864. The predicted octanol–water partition coefficient (Wildman–Crippen LogP) is 4.98. The van der Waals surface area contributed by atoms with Crippen LogP contribution in [0.3, 0.4) is 0 Å². The molecule has 2 aliphatic rings. The van der Waals surface area contributed by atoms with Gasteiger partial charge in [0.2, 0.25) is 0 Å². The molecular weight excluding hydrogens is 312 g/mol. The van der Waals surface area contributed by atoms with E-state index in [1.165, 1.54) is 12.8 Å². The Morgan fingerprint density at radius 3 is 2.72 bits per heavy atom. The number of carbonyl (C=O) groups excluding carboxylic acids is 1. The van der Waals surface area contributed by atoms with Crippen LogP contribution >= 0.6 is 0 Å². The van der Waals surface area contributed by atoms with Gasteiger partial charge in [-0.1, -0.05) is 25.7 Å². The van der Waals surface area contributed by atoms with Crippen LogP contribution in [0.25, 0.3) is 0 Å². The first-order chi connectivity index (χ1) is 11.7. The standard InChI is InChI=1S/C22H36O3/c1-7-24-17(3)25-21(4,5)14-8-10-16(2)18-12-13-19-20(23)11-9-15-22(18,19)6/h16-19H,7,9-13,15H2,1-6H3/t16-,17?,18+,19+,22+/m0/s1. The van der Waals surface area contributed by atoms with Crippen molar-refractivity contribution in [3.63, 3.8) is 0 Å². The second-order valence-electron chi connectivity index (χ2n) is 8.70. The van der Waals surface area contributed by atoms with Crippen molar-refractivity contribution < 1.29 is 14.3 Å². The number of rotatable bonds is 6. The van der Waals surface area contributed by atoms with E-state index in [4.69, 9.17) is 9.47 Å². The first-order valence-corrected chi connectivity index (χ1v) is 10.0. The number of hydrogen-bond acceptors (Lipinski definition) is 3. The molecule has 2 aliphatic carbocycles. The molecule has 0 aromatic carbocycles. The summed E-state index contributed by atoms with van der Waals surface area (Å²) in [6, 6.07) is 0. The van der Waals surface area contributed by atoms with E-state index in [1.54, 1.807) is 0 Å². The van der Waals surface area contributed by atoms with Crippen LogP contribution in [0, 0.1) is 35.0 Å². The van der Waals surface area contributed by atoms with Gasteiger partial charge in [-0.05, 0) is 70.6 Å². The molecule has 3 heteroatoms. The van der Waals surface area contributed by atoms with Gasteiger partial charge < -0.3 is 9.47 Å². The molecule has 0 heterocycles. The average molecular weight is 349 g/mol. The molecule has 1 unspecified atom stereocenters. The summed E-state index contributed by atoms with van der Waals surface area (Å²) in [5, 5.41) is 0. The zero-order valence-electron chi connectivity index (χ0n) is 17.0. The van der Waals surface area contributed by atoms with E-state index >= 15 is 0 Å². The van der Waals surface area contributed by atoms with Crippen molar-refractivity contribution in [2.45, 2.75) is 92.0 Å². The molecule has 2 fully saturated rings. The SMILES string of the molecule is CCOC(C)OC(C)(C)C#CC[C@H](C)[C@H]1CC[C@@H]2C(=O)CCC[C@@]21C. The number of ketones is 1. The molecule has 142 valence electrons. The summed E-state index contributed by atoms with van der Waals surface area (Å²) in [4.78, 5) is 12.3. The zero-order chi connectivity index (χ0) is 18.7. The van der Waals surface area contributed by atoms with Gasteiger partial charge in [0.25, 0.3) is 0 Å². The molecule has 0 aromatic rings. The van der Waals surface area contributed by atoms with Crippen LogP contribution < -0.4 is 0 Å². The van der Waals surface area contributed by atoms with Crippen molar-refractivity contribution in [3.8, 4) is 11.8 Å². The van der Waals surface area contributed by atoms with Crippen molar-refractivity contribution in [2.24, 2.45) is 23.2 Å². The summed E-state index contributed by atoms with van der Waals surface area (Å²) in [7, 11) is 0. The Morgan fingerprint density at radius 1 is 1.32 bits per heavy atom. The predicted molar refractivity (Wildman–Crippen MR) is 101 cm³/mol. The molecule has 2 saturated carbocycles. The third-order valence-corrected chi connectivity index (χ3v) is 6.30. The molecule has 0 aromatic heterocycles. The highest BCUT2D eigenvalue weighted by Gasteiger charge is 2.52. The molecule has 0 bridgehead atoms. The van der Waals surface area contributed by atoms with E-state index < -0.39 is 5.60 Å². The van der Waals surface area contributed by atoms with E-state index in [-0.39, 0.29) is 11.7 Å². The smallest absolute Gasteiger partial charge is 0.156 e. The lowest BCUT2D eigenvalue weighted by Crippen LogP contribution is -2.39. The van der Waals surface area contributed by atoms with Crippen molar-refractivity contribution in [2.75, 3.05) is 6.61 Å². The van der Waals surface area contributed by atoms with Gasteiger partial charge in [0.1, 0.15) is 11.4 Å². The maximum atomic E-state index is 12.3. The monoisotopic (exact) mass is 348 g/mol. The summed E-state index contributed by atoms with van der Waals surface area (Å²) < 4.78 is 11.3. The van der Waals surface area contributed by atoms with Gasteiger partial charge in [-0.2, -0.15) is 0 Å². The van der Waals surface area contributed by atoms with Crippen molar-refractivity contribution in [1.82, 2.24) is 0 Å². The van der Waals surface area contributed by atoms with Crippen LogP contribution in [0.15, 0.2) is 0 Å². The van der Waals surface area contributed by atoms with E-state index in [1.807, 2.05) is 27.7 Å². The molecule has 0 radical (unpaired) electrons. The largest absolute Gasteiger partial charge is 0.353 e. The van der Waals surface area contributed by atoms with Crippen LogP contribution in [-0.4, -0.2) is 24.3 Å². The van der Waals surface area contributed by atoms with Crippen molar-refractivity contribution in [1.29, 1.82) is 0 Å². The van der Waals surface area contributed by atoms with Gasteiger partial charge in [-0.15, -0.1) is 0 Å². The molecule has 0 aliphatic heterocycles. The Labute approximate surface area is 154 Å². The highest BCUT2D eigenvalue weighted by atomic mass is 16.7. The lowest BCUT2D eigenvalue weighted by Gasteiger charge is -2.42. The topological polar surface area (TPSA) is 35.5 Å². The minimum absolute atomic E-state index is 0.200. The second-order valence-corrected chi connectivity index (χ2v) is 8.70. The molecule has 2 rings (SSSR count). The minimum Gasteiger partial charge on any atom is -0.353 e. The van der Waals surface area contributed by atoms with Gasteiger partial charge in [-0.25, -0.2) is 0 Å². The lowest BCUT2D eigenvalue weighted by atomic mass is 9.62. The highest BCUT2D eigenvalue weighted by Crippen LogP contribution is 2.56. The van der Waals surface area contributed by atoms with Crippen LogP contribution in [-0.2, 0) is 14.3 Å². The van der Waals surface area contributed by atoms with E-state index in [0.717, 1.165) is 25.7 Å². The summed E-state index contributed by atoms with van der Waals surface area (Å²) in [6.07, 6.45) is 5.95. The maximum Gasteiger partial charge on any atom is 0.156 e. The lowest BCUT2D eigenvalue weighted by molar-refractivity contribution is -0.169.